The quantitative estimate of drug-likeness (QED) is 0.421. The van der Waals surface area contributed by atoms with Crippen molar-refractivity contribution in [1.82, 2.24) is 19.3 Å². The van der Waals surface area contributed by atoms with Crippen molar-refractivity contribution in [2.45, 2.75) is 20.8 Å². The first-order valence-corrected chi connectivity index (χ1v) is 9.83. The number of fused-ring (bicyclic) bond motifs is 1. The molecule has 6 nitrogen and oxygen atoms in total. The van der Waals surface area contributed by atoms with E-state index in [9.17, 15) is 9.18 Å². The van der Waals surface area contributed by atoms with Gasteiger partial charge in [0.15, 0.2) is 17.2 Å². The summed E-state index contributed by atoms with van der Waals surface area (Å²) in [7, 11) is 0. The van der Waals surface area contributed by atoms with Crippen LogP contribution in [0.1, 0.15) is 16.7 Å². The molecule has 0 spiro atoms. The minimum absolute atomic E-state index is 0.274. The minimum atomic E-state index is -0.402. The molecular weight excluding hydrogens is 395 g/mol. The number of rotatable bonds is 3. The van der Waals surface area contributed by atoms with Crippen LogP contribution in [0, 0.1) is 26.6 Å². The fourth-order valence-corrected chi connectivity index (χ4v) is 3.55. The third-order valence-corrected chi connectivity index (χ3v) is 5.49. The van der Waals surface area contributed by atoms with Crippen molar-refractivity contribution in [3.05, 3.63) is 93.9 Å². The smallest absolute Gasteiger partial charge is 0.269 e. The first-order valence-electron chi connectivity index (χ1n) is 9.83. The number of aryl methyl sites for hydroxylation is 3. The Labute approximate surface area is 177 Å². The van der Waals surface area contributed by atoms with E-state index in [0.717, 1.165) is 16.8 Å². The third kappa shape index (κ3) is 3.06. The Bertz CT molecular complexity index is 1500. The molecule has 0 amide bonds. The molecule has 0 saturated heterocycles. The van der Waals surface area contributed by atoms with Gasteiger partial charge in [-0.25, -0.2) is 14.1 Å². The van der Waals surface area contributed by atoms with Crippen molar-refractivity contribution in [2.24, 2.45) is 0 Å². The summed E-state index contributed by atoms with van der Waals surface area (Å²) in [5.41, 5.74) is 3.98. The van der Waals surface area contributed by atoms with Crippen molar-refractivity contribution in [3.63, 3.8) is 0 Å². The largest absolute Gasteiger partial charge is 0.461 e. The van der Waals surface area contributed by atoms with Crippen LogP contribution in [0.5, 0.6) is 0 Å². The van der Waals surface area contributed by atoms with Crippen LogP contribution >= 0.6 is 0 Å². The number of hydrogen-bond donors (Lipinski definition) is 0. The van der Waals surface area contributed by atoms with E-state index in [0.29, 0.717) is 28.0 Å². The predicted octanol–water partition coefficient (Wildman–Crippen LogP) is 4.90. The van der Waals surface area contributed by atoms with Crippen LogP contribution in [0.15, 0.2) is 70.2 Å². The zero-order valence-corrected chi connectivity index (χ0v) is 17.3. The van der Waals surface area contributed by atoms with E-state index in [4.69, 9.17) is 9.40 Å². The number of benzene rings is 2. The lowest BCUT2D eigenvalue weighted by Crippen LogP contribution is -2.22. The highest BCUT2D eigenvalue weighted by Gasteiger charge is 2.20. The van der Waals surface area contributed by atoms with Gasteiger partial charge in [0, 0.05) is 0 Å². The van der Waals surface area contributed by atoms with Gasteiger partial charge in [-0.05, 0) is 73.9 Å². The highest BCUT2D eigenvalue weighted by molar-refractivity contribution is 5.78. The highest BCUT2D eigenvalue weighted by Crippen LogP contribution is 2.25. The van der Waals surface area contributed by atoms with Gasteiger partial charge in [-0.15, -0.1) is 0 Å². The van der Waals surface area contributed by atoms with Gasteiger partial charge in [-0.3, -0.25) is 9.36 Å². The monoisotopic (exact) mass is 414 g/mol. The van der Waals surface area contributed by atoms with Crippen LogP contribution < -0.4 is 5.56 Å². The molecule has 0 aliphatic carbocycles. The zero-order valence-electron chi connectivity index (χ0n) is 17.3. The number of aromatic nitrogens is 4. The molecule has 3 aromatic heterocycles. The Hall–Kier alpha value is -4.00. The zero-order chi connectivity index (χ0) is 21.7. The topological polar surface area (TPSA) is 65.8 Å². The van der Waals surface area contributed by atoms with Gasteiger partial charge in [0.1, 0.15) is 11.2 Å². The number of halogens is 1. The average Bonchev–Trinajstić information content (AvgIpc) is 3.42. The van der Waals surface area contributed by atoms with E-state index < -0.39 is 5.82 Å². The van der Waals surface area contributed by atoms with Gasteiger partial charge >= 0.3 is 0 Å². The molecule has 0 N–H and O–H groups in total. The SMILES string of the molecule is Cc1ccc(-n2ncc3c(=O)n(-c4ccc(C)c(F)c4)c(-c4ccco4)nc32)cc1C. The van der Waals surface area contributed by atoms with Gasteiger partial charge in [-0.2, -0.15) is 5.10 Å². The minimum Gasteiger partial charge on any atom is -0.461 e. The fourth-order valence-electron chi connectivity index (χ4n) is 3.55. The van der Waals surface area contributed by atoms with Gasteiger partial charge in [0.05, 0.1) is 23.8 Å². The number of hydrogen-bond acceptors (Lipinski definition) is 4. The van der Waals surface area contributed by atoms with Gasteiger partial charge in [-0.1, -0.05) is 12.1 Å². The summed E-state index contributed by atoms with van der Waals surface area (Å²) in [6, 6.07) is 14.0. The summed E-state index contributed by atoms with van der Waals surface area (Å²) < 4.78 is 22.8. The maximum Gasteiger partial charge on any atom is 0.269 e. The summed E-state index contributed by atoms with van der Waals surface area (Å²) in [6.07, 6.45) is 3.00. The molecule has 5 rings (SSSR count). The van der Waals surface area contributed by atoms with Crippen molar-refractivity contribution in [3.8, 4) is 23.0 Å². The molecule has 0 aliphatic heterocycles. The lowest BCUT2D eigenvalue weighted by atomic mass is 10.1. The normalized spacial score (nSPS) is 11.4. The van der Waals surface area contributed by atoms with E-state index >= 15 is 0 Å². The Kier molecular flexibility index (Phi) is 4.32. The molecule has 2 aromatic carbocycles. The maximum absolute atomic E-state index is 14.3. The molecule has 3 heterocycles. The first kappa shape index (κ1) is 19.0. The second-order valence-corrected chi connectivity index (χ2v) is 7.55. The summed E-state index contributed by atoms with van der Waals surface area (Å²) in [4.78, 5) is 18.3. The molecule has 0 unspecified atom stereocenters. The fraction of sp³-hybridized carbons (Fsp3) is 0.125. The second-order valence-electron chi connectivity index (χ2n) is 7.55. The molecule has 7 heteroatoms. The van der Waals surface area contributed by atoms with E-state index in [1.807, 2.05) is 32.0 Å². The maximum atomic E-state index is 14.3. The average molecular weight is 414 g/mol. The molecule has 5 aromatic rings. The summed E-state index contributed by atoms with van der Waals surface area (Å²) in [6.45, 7) is 5.72. The van der Waals surface area contributed by atoms with Gasteiger partial charge in [0.2, 0.25) is 0 Å². The summed E-state index contributed by atoms with van der Waals surface area (Å²) >= 11 is 0. The number of furan rings is 1. The summed E-state index contributed by atoms with van der Waals surface area (Å²) in [5.74, 6) is 0.268. The van der Waals surface area contributed by atoms with Crippen LogP contribution in [-0.4, -0.2) is 19.3 Å². The molecule has 0 saturated carbocycles. The van der Waals surface area contributed by atoms with Crippen LogP contribution in [-0.2, 0) is 0 Å². The van der Waals surface area contributed by atoms with Crippen LogP contribution in [0.3, 0.4) is 0 Å². The standard InChI is InChI=1S/C24H19FN4O2/c1-14-6-9-18(11-16(14)3)29-22-19(13-26-29)24(30)28(17-8-7-15(2)20(25)12-17)23(27-22)21-5-4-10-31-21/h4-13H,1-3H3. The molecule has 154 valence electrons. The van der Waals surface area contributed by atoms with Crippen molar-refractivity contribution in [1.29, 1.82) is 0 Å². The molecule has 0 atom stereocenters. The van der Waals surface area contributed by atoms with E-state index in [1.165, 1.54) is 23.1 Å². The summed E-state index contributed by atoms with van der Waals surface area (Å²) in [5, 5.41) is 4.75. The molecular formula is C24H19FN4O2. The van der Waals surface area contributed by atoms with E-state index in [2.05, 4.69) is 5.10 Å². The molecule has 0 bridgehead atoms. The Morgan fingerprint density at radius 2 is 1.71 bits per heavy atom. The van der Waals surface area contributed by atoms with Crippen LogP contribution in [0.2, 0.25) is 0 Å². The molecule has 31 heavy (non-hydrogen) atoms. The first-order chi connectivity index (χ1) is 14.9. The lowest BCUT2D eigenvalue weighted by molar-refractivity contribution is 0.574. The number of nitrogens with zero attached hydrogens (tertiary/aromatic N) is 4. The van der Waals surface area contributed by atoms with Gasteiger partial charge < -0.3 is 4.42 Å². The Morgan fingerprint density at radius 3 is 2.42 bits per heavy atom. The highest BCUT2D eigenvalue weighted by atomic mass is 19.1. The van der Waals surface area contributed by atoms with E-state index in [1.54, 1.807) is 35.9 Å². The van der Waals surface area contributed by atoms with Crippen molar-refractivity contribution >= 4 is 11.0 Å². The van der Waals surface area contributed by atoms with Crippen LogP contribution in [0.25, 0.3) is 34.0 Å². The molecule has 0 radical (unpaired) electrons. The predicted molar refractivity (Wildman–Crippen MR) is 116 cm³/mol. The van der Waals surface area contributed by atoms with E-state index in [-0.39, 0.29) is 11.4 Å². The Balaban J connectivity index is 1.83. The van der Waals surface area contributed by atoms with Gasteiger partial charge in [0.25, 0.3) is 5.56 Å². The van der Waals surface area contributed by atoms with Crippen molar-refractivity contribution < 1.29 is 8.81 Å². The molecule has 0 fully saturated rings. The van der Waals surface area contributed by atoms with Crippen LogP contribution in [0.4, 0.5) is 4.39 Å². The molecule has 0 aliphatic rings. The van der Waals surface area contributed by atoms with Crippen molar-refractivity contribution in [2.75, 3.05) is 0 Å². The lowest BCUT2D eigenvalue weighted by Gasteiger charge is -2.13. The Morgan fingerprint density at radius 1 is 0.935 bits per heavy atom. The second kappa shape index (κ2) is 7.05. The third-order valence-electron chi connectivity index (χ3n) is 5.49.